The Morgan fingerprint density at radius 3 is 2.48 bits per heavy atom. The number of hydrogen-bond acceptors (Lipinski definition) is 3. The maximum Gasteiger partial charge on any atom is 0.224 e. The summed E-state index contributed by atoms with van der Waals surface area (Å²) in [4.78, 5) is 28.6. The van der Waals surface area contributed by atoms with E-state index in [9.17, 15) is 9.59 Å². The quantitative estimate of drug-likeness (QED) is 0.836. The van der Waals surface area contributed by atoms with Gasteiger partial charge in [-0.2, -0.15) is 0 Å². The molecule has 25 heavy (non-hydrogen) atoms. The molecule has 1 fully saturated rings. The fourth-order valence-corrected chi connectivity index (χ4v) is 3.48. The predicted molar refractivity (Wildman–Crippen MR) is 99.3 cm³/mol. The Balaban J connectivity index is 1.36. The number of allylic oxidation sites excluding steroid dienone is 2. The lowest BCUT2D eigenvalue weighted by atomic mass is 9.94. The molecule has 2 amide bonds. The fraction of sp³-hybridized carbons (Fsp3) is 0.500. The van der Waals surface area contributed by atoms with Crippen molar-refractivity contribution in [2.24, 2.45) is 5.92 Å². The zero-order valence-corrected chi connectivity index (χ0v) is 14.7. The molecule has 1 aliphatic heterocycles. The number of nitrogens with zero attached hydrogens (tertiary/aromatic N) is 2. The van der Waals surface area contributed by atoms with Gasteiger partial charge >= 0.3 is 0 Å². The summed E-state index contributed by atoms with van der Waals surface area (Å²) in [6, 6.07) is 10.3. The molecule has 0 spiro atoms. The molecule has 0 radical (unpaired) electrons. The standard InChI is InChI=1S/C20H27N3O2/c24-19(11-12-21-20(25)17-7-3-1-4-8-17)23-15-13-22(14-16-23)18-9-5-2-6-10-18/h1-3,5-6,9-10,17H,4,7-8,11-16H2,(H,21,25). The Morgan fingerprint density at radius 2 is 1.80 bits per heavy atom. The van der Waals surface area contributed by atoms with Gasteiger partial charge in [-0.15, -0.1) is 0 Å². The monoisotopic (exact) mass is 341 g/mol. The lowest BCUT2D eigenvalue weighted by molar-refractivity contribution is -0.131. The molecule has 0 saturated carbocycles. The minimum atomic E-state index is 0.0783. The SMILES string of the molecule is O=C(NCCC(=O)N1CCN(c2ccccc2)CC1)C1CC=CCC1. The smallest absolute Gasteiger partial charge is 0.224 e. The van der Waals surface area contributed by atoms with Gasteiger partial charge in [0.2, 0.25) is 11.8 Å². The summed E-state index contributed by atoms with van der Waals surface area (Å²) >= 11 is 0. The average molecular weight is 341 g/mol. The van der Waals surface area contributed by atoms with Crippen molar-refractivity contribution in [3.05, 3.63) is 42.5 Å². The Kier molecular flexibility index (Phi) is 6.09. The topological polar surface area (TPSA) is 52.7 Å². The zero-order chi connectivity index (χ0) is 17.5. The first kappa shape index (κ1) is 17.5. The van der Waals surface area contributed by atoms with Gasteiger partial charge in [0.25, 0.3) is 0 Å². The molecule has 0 bridgehead atoms. The van der Waals surface area contributed by atoms with E-state index in [1.54, 1.807) is 0 Å². The molecular weight excluding hydrogens is 314 g/mol. The van der Waals surface area contributed by atoms with E-state index in [0.29, 0.717) is 13.0 Å². The molecule has 2 aliphatic rings. The van der Waals surface area contributed by atoms with Crippen molar-refractivity contribution in [1.29, 1.82) is 0 Å². The van der Waals surface area contributed by atoms with Crippen LogP contribution < -0.4 is 10.2 Å². The molecule has 1 heterocycles. The molecular formula is C20H27N3O2. The first-order valence-electron chi connectivity index (χ1n) is 9.24. The van der Waals surface area contributed by atoms with Gasteiger partial charge in [-0.3, -0.25) is 9.59 Å². The van der Waals surface area contributed by atoms with Gasteiger partial charge in [-0.25, -0.2) is 0 Å². The molecule has 134 valence electrons. The Morgan fingerprint density at radius 1 is 1.04 bits per heavy atom. The zero-order valence-electron chi connectivity index (χ0n) is 14.7. The lowest BCUT2D eigenvalue weighted by Crippen LogP contribution is -2.49. The number of carbonyl (C=O) groups excluding carboxylic acids is 2. The number of benzene rings is 1. The Bertz CT molecular complexity index is 607. The van der Waals surface area contributed by atoms with Gasteiger partial charge in [-0.05, 0) is 31.4 Å². The van der Waals surface area contributed by atoms with Gasteiger partial charge in [0.1, 0.15) is 0 Å². The fourth-order valence-electron chi connectivity index (χ4n) is 3.48. The molecule has 5 heteroatoms. The van der Waals surface area contributed by atoms with Crippen molar-refractivity contribution in [2.75, 3.05) is 37.6 Å². The van der Waals surface area contributed by atoms with Crippen LogP contribution in [0, 0.1) is 5.92 Å². The summed E-state index contributed by atoms with van der Waals surface area (Å²) in [7, 11) is 0. The highest BCUT2D eigenvalue weighted by Gasteiger charge is 2.22. The van der Waals surface area contributed by atoms with Crippen LogP contribution in [-0.2, 0) is 9.59 Å². The van der Waals surface area contributed by atoms with Crippen LogP contribution in [0.3, 0.4) is 0 Å². The molecule has 1 N–H and O–H groups in total. The summed E-state index contributed by atoms with van der Waals surface area (Å²) in [5.74, 6) is 0.303. The first-order chi connectivity index (χ1) is 12.2. The van der Waals surface area contributed by atoms with Crippen LogP contribution in [0.25, 0.3) is 0 Å². The maximum absolute atomic E-state index is 12.3. The van der Waals surface area contributed by atoms with Crippen LogP contribution in [-0.4, -0.2) is 49.4 Å². The highest BCUT2D eigenvalue weighted by Crippen LogP contribution is 2.18. The molecule has 0 aromatic heterocycles. The lowest BCUT2D eigenvalue weighted by Gasteiger charge is -2.36. The molecule has 3 rings (SSSR count). The van der Waals surface area contributed by atoms with Crippen LogP contribution >= 0.6 is 0 Å². The molecule has 1 aromatic carbocycles. The van der Waals surface area contributed by atoms with Crippen molar-refractivity contribution >= 4 is 17.5 Å². The normalized spacial score (nSPS) is 20.4. The third-order valence-corrected chi connectivity index (χ3v) is 5.03. The number of hydrogen-bond donors (Lipinski definition) is 1. The van der Waals surface area contributed by atoms with E-state index >= 15 is 0 Å². The highest BCUT2D eigenvalue weighted by atomic mass is 16.2. The minimum Gasteiger partial charge on any atom is -0.368 e. The molecule has 1 unspecified atom stereocenters. The highest BCUT2D eigenvalue weighted by molar-refractivity contribution is 5.81. The number of nitrogens with one attached hydrogen (secondary N) is 1. The van der Waals surface area contributed by atoms with Crippen molar-refractivity contribution in [3.63, 3.8) is 0 Å². The predicted octanol–water partition coefficient (Wildman–Crippen LogP) is 2.20. The van der Waals surface area contributed by atoms with Crippen LogP contribution in [0.4, 0.5) is 5.69 Å². The van der Waals surface area contributed by atoms with E-state index in [1.165, 1.54) is 5.69 Å². The van der Waals surface area contributed by atoms with Crippen molar-refractivity contribution < 1.29 is 9.59 Å². The average Bonchev–Trinajstić information content (AvgIpc) is 2.69. The Labute approximate surface area is 149 Å². The molecule has 1 atom stereocenters. The van der Waals surface area contributed by atoms with E-state index in [4.69, 9.17) is 0 Å². The van der Waals surface area contributed by atoms with Gasteiger partial charge in [-0.1, -0.05) is 30.4 Å². The van der Waals surface area contributed by atoms with E-state index in [0.717, 1.165) is 45.4 Å². The van der Waals surface area contributed by atoms with Crippen molar-refractivity contribution in [1.82, 2.24) is 10.2 Å². The number of piperazine rings is 1. The number of anilines is 1. The van der Waals surface area contributed by atoms with E-state index in [1.807, 2.05) is 23.1 Å². The van der Waals surface area contributed by atoms with E-state index in [-0.39, 0.29) is 17.7 Å². The van der Waals surface area contributed by atoms with Gasteiger partial charge in [0.15, 0.2) is 0 Å². The first-order valence-corrected chi connectivity index (χ1v) is 9.24. The largest absolute Gasteiger partial charge is 0.368 e. The van der Waals surface area contributed by atoms with Crippen LogP contribution in [0.2, 0.25) is 0 Å². The molecule has 1 aliphatic carbocycles. The summed E-state index contributed by atoms with van der Waals surface area (Å²) in [6.45, 7) is 3.65. The second-order valence-electron chi connectivity index (χ2n) is 6.73. The number of para-hydroxylation sites is 1. The second-order valence-corrected chi connectivity index (χ2v) is 6.73. The second kappa shape index (κ2) is 8.70. The molecule has 1 saturated heterocycles. The number of rotatable bonds is 5. The van der Waals surface area contributed by atoms with Crippen LogP contribution in [0.5, 0.6) is 0 Å². The maximum atomic E-state index is 12.3. The number of amides is 2. The minimum absolute atomic E-state index is 0.0783. The van der Waals surface area contributed by atoms with E-state index in [2.05, 4.69) is 34.5 Å². The Hall–Kier alpha value is -2.30. The molecule has 1 aromatic rings. The molecule has 5 nitrogen and oxygen atoms in total. The third kappa shape index (κ3) is 4.84. The number of carbonyl (C=O) groups is 2. The van der Waals surface area contributed by atoms with E-state index < -0.39 is 0 Å². The van der Waals surface area contributed by atoms with Crippen molar-refractivity contribution in [3.8, 4) is 0 Å². The van der Waals surface area contributed by atoms with Gasteiger partial charge < -0.3 is 15.1 Å². The summed E-state index contributed by atoms with van der Waals surface area (Å²) in [5.41, 5.74) is 1.21. The third-order valence-electron chi connectivity index (χ3n) is 5.03. The summed E-state index contributed by atoms with van der Waals surface area (Å²) in [6.07, 6.45) is 7.30. The van der Waals surface area contributed by atoms with Crippen molar-refractivity contribution in [2.45, 2.75) is 25.7 Å². The summed E-state index contributed by atoms with van der Waals surface area (Å²) in [5, 5.41) is 2.93. The van der Waals surface area contributed by atoms with Gasteiger partial charge in [0.05, 0.1) is 0 Å². The van der Waals surface area contributed by atoms with Gasteiger partial charge in [0, 0.05) is 50.7 Å². The van der Waals surface area contributed by atoms with Crippen LogP contribution in [0.1, 0.15) is 25.7 Å². The van der Waals surface area contributed by atoms with Crippen LogP contribution in [0.15, 0.2) is 42.5 Å². The summed E-state index contributed by atoms with van der Waals surface area (Å²) < 4.78 is 0.